The van der Waals surface area contributed by atoms with Crippen LogP contribution in [0.1, 0.15) is 33.1 Å². The Morgan fingerprint density at radius 2 is 1.48 bits per heavy atom. The van der Waals surface area contributed by atoms with Crippen LogP contribution in [-0.4, -0.2) is 87.8 Å². The van der Waals surface area contributed by atoms with E-state index in [1.165, 1.54) is 11.8 Å². The number of rotatable bonds is 15. The highest BCUT2D eigenvalue weighted by Crippen LogP contribution is 2.07. The fourth-order valence-corrected chi connectivity index (χ4v) is 2.91. The maximum absolute atomic E-state index is 12.7. The number of aliphatic carboxylic acids is 2. The Kier molecular flexibility index (Phi) is 13.5. The van der Waals surface area contributed by atoms with Crippen molar-refractivity contribution in [3.63, 3.8) is 0 Å². The summed E-state index contributed by atoms with van der Waals surface area (Å²) in [6.45, 7) is 2.63. The number of nitrogens with one attached hydrogen (secondary N) is 3. The Hall–Kier alpha value is -2.38. The van der Waals surface area contributed by atoms with Gasteiger partial charge in [0, 0.05) is 6.42 Å². The molecule has 4 unspecified atom stereocenters. The van der Waals surface area contributed by atoms with E-state index in [0.717, 1.165) is 0 Å². The molecule has 12 nitrogen and oxygen atoms in total. The van der Waals surface area contributed by atoms with Crippen molar-refractivity contribution in [1.29, 1.82) is 0 Å². The number of aliphatic hydroxyl groups excluding tert-OH is 1. The van der Waals surface area contributed by atoms with Crippen molar-refractivity contribution in [2.75, 3.05) is 18.6 Å². The minimum absolute atomic E-state index is 0.144. The third kappa shape index (κ3) is 11.0. The van der Waals surface area contributed by atoms with Crippen LogP contribution in [0.4, 0.5) is 0 Å². The quantitative estimate of drug-likeness (QED) is 0.143. The van der Waals surface area contributed by atoms with E-state index in [1.54, 1.807) is 20.1 Å². The average Bonchev–Trinajstić information content (AvgIpc) is 2.70. The number of carbonyl (C=O) groups excluding carboxylic acids is 3. The van der Waals surface area contributed by atoms with Gasteiger partial charge in [0.05, 0.1) is 6.61 Å². The van der Waals surface area contributed by atoms with Gasteiger partial charge in [0.1, 0.15) is 24.2 Å². The summed E-state index contributed by atoms with van der Waals surface area (Å²) < 4.78 is 0. The Bertz CT molecular complexity index is 646. The Morgan fingerprint density at radius 3 is 1.94 bits per heavy atom. The molecule has 0 saturated heterocycles. The zero-order valence-electron chi connectivity index (χ0n) is 17.8. The van der Waals surface area contributed by atoms with Crippen LogP contribution in [0, 0.1) is 5.92 Å². The summed E-state index contributed by atoms with van der Waals surface area (Å²) in [4.78, 5) is 59.6. The van der Waals surface area contributed by atoms with Crippen LogP contribution in [0.3, 0.4) is 0 Å². The van der Waals surface area contributed by atoms with Crippen molar-refractivity contribution in [2.45, 2.75) is 57.3 Å². The summed E-state index contributed by atoms with van der Waals surface area (Å²) in [5.41, 5.74) is 5.44. The average molecular weight is 465 g/mol. The van der Waals surface area contributed by atoms with Gasteiger partial charge in [0.15, 0.2) is 0 Å². The van der Waals surface area contributed by atoms with Crippen molar-refractivity contribution >= 4 is 41.4 Å². The molecule has 0 aromatic rings. The molecule has 0 aliphatic rings. The van der Waals surface area contributed by atoms with Gasteiger partial charge in [-0.2, -0.15) is 11.8 Å². The zero-order valence-corrected chi connectivity index (χ0v) is 18.6. The van der Waals surface area contributed by atoms with Crippen molar-refractivity contribution in [3.8, 4) is 0 Å². The van der Waals surface area contributed by atoms with Gasteiger partial charge in [-0.3, -0.25) is 19.2 Å². The van der Waals surface area contributed by atoms with E-state index in [2.05, 4.69) is 16.0 Å². The number of thioether (sulfide) groups is 1. The predicted octanol–water partition coefficient (Wildman–Crippen LogP) is -1.88. The van der Waals surface area contributed by atoms with Gasteiger partial charge >= 0.3 is 11.9 Å². The second-order valence-electron chi connectivity index (χ2n) is 7.19. The van der Waals surface area contributed by atoms with Crippen molar-refractivity contribution < 1.29 is 39.3 Å². The lowest BCUT2D eigenvalue weighted by Gasteiger charge is -2.26. The number of aliphatic hydroxyl groups is 1. The van der Waals surface area contributed by atoms with Crippen LogP contribution in [0.15, 0.2) is 0 Å². The van der Waals surface area contributed by atoms with E-state index in [0.29, 0.717) is 5.75 Å². The summed E-state index contributed by atoms with van der Waals surface area (Å²) in [5.74, 6) is -4.80. The van der Waals surface area contributed by atoms with Crippen LogP contribution >= 0.6 is 11.8 Å². The lowest BCUT2D eigenvalue weighted by Crippen LogP contribution is -2.58. The normalized spacial score (nSPS) is 14.8. The molecule has 31 heavy (non-hydrogen) atoms. The van der Waals surface area contributed by atoms with Gasteiger partial charge in [0.25, 0.3) is 0 Å². The van der Waals surface area contributed by atoms with E-state index in [1.807, 2.05) is 0 Å². The van der Waals surface area contributed by atoms with Crippen molar-refractivity contribution in [2.24, 2.45) is 11.7 Å². The predicted molar refractivity (Wildman–Crippen MR) is 113 cm³/mol. The minimum Gasteiger partial charge on any atom is -0.481 e. The molecule has 13 heteroatoms. The van der Waals surface area contributed by atoms with Crippen LogP contribution in [0.5, 0.6) is 0 Å². The van der Waals surface area contributed by atoms with Crippen molar-refractivity contribution in [1.82, 2.24) is 16.0 Å². The van der Waals surface area contributed by atoms with Gasteiger partial charge in [0.2, 0.25) is 17.7 Å². The van der Waals surface area contributed by atoms with Crippen LogP contribution < -0.4 is 21.7 Å². The van der Waals surface area contributed by atoms with E-state index < -0.39 is 72.8 Å². The van der Waals surface area contributed by atoms with Crippen LogP contribution in [0.2, 0.25) is 0 Å². The monoisotopic (exact) mass is 464 g/mol. The van der Waals surface area contributed by atoms with Gasteiger partial charge in [-0.25, -0.2) is 4.79 Å². The first-order valence-corrected chi connectivity index (χ1v) is 11.0. The second-order valence-corrected chi connectivity index (χ2v) is 8.18. The Labute approximate surface area is 184 Å². The topological polar surface area (TPSA) is 208 Å². The summed E-state index contributed by atoms with van der Waals surface area (Å²) in [7, 11) is 0. The van der Waals surface area contributed by atoms with E-state index in [4.69, 9.17) is 15.9 Å². The molecule has 0 aliphatic carbocycles. The molecule has 178 valence electrons. The molecular formula is C18H32N4O8S. The van der Waals surface area contributed by atoms with Gasteiger partial charge < -0.3 is 37.0 Å². The molecule has 3 amide bonds. The molecule has 0 heterocycles. The number of carbonyl (C=O) groups is 5. The minimum atomic E-state index is -1.33. The fourth-order valence-electron chi connectivity index (χ4n) is 2.44. The maximum Gasteiger partial charge on any atom is 0.326 e. The molecule has 0 saturated carbocycles. The lowest BCUT2D eigenvalue weighted by atomic mass is 10.0. The number of amides is 3. The smallest absolute Gasteiger partial charge is 0.326 e. The summed E-state index contributed by atoms with van der Waals surface area (Å²) in [6, 6.07) is -4.89. The van der Waals surface area contributed by atoms with Gasteiger partial charge in [-0.05, 0) is 30.8 Å². The zero-order chi connectivity index (χ0) is 24.1. The molecule has 0 aliphatic heterocycles. The first kappa shape index (κ1) is 28.6. The first-order chi connectivity index (χ1) is 14.4. The number of carboxylic acid groups (broad SMARTS) is 2. The fraction of sp³-hybridized carbons (Fsp3) is 0.722. The molecule has 0 radical (unpaired) electrons. The summed E-state index contributed by atoms with van der Waals surface area (Å²) in [5, 5.41) is 34.3. The van der Waals surface area contributed by atoms with Gasteiger partial charge in [-0.1, -0.05) is 13.8 Å². The molecule has 0 spiro atoms. The number of hydrogen-bond acceptors (Lipinski definition) is 8. The Balaban J connectivity index is 5.43. The summed E-state index contributed by atoms with van der Waals surface area (Å²) in [6.07, 6.45) is 1.19. The number of carboxylic acids is 2. The largest absolute Gasteiger partial charge is 0.481 e. The molecule has 4 atom stereocenters. The first-order valence-electron chi connectivity index (χ1n) is 9.65. The summed E-state index contributed by atoms with van der Waals surface area (Å²) >= 11 is 1.39. The van der Waals surface area contributed by atoms with Crippen molar-refractivity contribution in [3.05, 3.63) is 0 Å². The van der Waals surface area contributed by atoms with Crippen LogP contribution in [0.25, 0.3) is 0 Å². The van der Waals surface area contributed by atoms with E-state index in [-0.39, 0.29) is 12.8 Å². The van der Waals surface area contributed by atoms with Crippen LogP contribution in [-0.2, 0) is 24.0 Å². The van der Waals surface area contributed by atoms with Gasteiger partial charge in [-0.15, -0.1) is 0 Å². The molecule has 0 rings (SSSR count). The highest BCUT2D eigenvalue weighted by atomic mass is 32.2. The molecule has 0 bridgehead atoms. The Morgan fingerprint density at radius 1 is 0.903 bits per heavy atom. The third-order valence-corrected chi connectivity index (χ3v) is 4.93. The highest BCUT2D eigenvalue weighted by molar-refractivity contribution is 7.98. The second kappa shape index (κ2) is 14.6. The number of nitrogens with two attached hydrogens (primary N) is 1. The molecule has 0 fully saturated rings. The maximum atomic E-state index is 12.7. The third-order valence-electron chi connectivity index (χ3n) is 4.29. The molecular weight excluding hydrogens is 432 g/mol. The molecule has 0 aromatic carbocycles. The van der Waals surface area contributed by atoms with E-state index >= 15 is 0 Å². The standard InChI is InChI=1S/C18H32N4O8S/c1-9(2)14(22-15(26)10(19)8-23)17(28)20-11(4-5-13(24)25)16(27)21-12(18(29)30)6-7-31-3/h9-12,14,23H,4-8,19H2,1-3H3,(H,20,28)(H,21,27)(H,22,26)(H,24,25)(H,29,30). The number of hydrogen-bond donors (Lipinski definition) is 7. The highest BCUT2D eigenvalue weighted by Gasteiger charge is 2.31. The van der Waals surface area contributed by atoms with E-state index in [9.17, 15) is 29.1 Å². The molecule has 0 aromatic heterocycles. The molecule has 8 N–H and O–H groups in total. The lowest BCUT2D eigenvalue weighted by molar-refractivity contribution is -0.143. The SMILES string of the molecule is CSCCC(NC(=O)C(CCC(=O)O)NC(=O)C(NC(=O)C(N)CO)C(C)C)C(=O)O.